The normalized spacial score (nSPS) is 11.5. The summed E-state index contributed by atoms with van der Waals surface area (Å²) < 4.78 is 29.1. The van der Waals surface area contributed by atoms with E-state index < -0.39 is 6.61 Å². The van der Waals surface area contributed by atoms with Gasteiger partial charge in [0.25, 0.3) is 0 Å². The molecule has 0 aliphatic carbocycles. The molecular formula is C16H17F2N3O. The average molecular weight is 305 g/mol. The number of hydrogen-bond donors (Lipinski definition) is 2. The van der Waals surface area contributed by atoms with E-state index in [9.17, 15) is 8.78 Å². The standard InChI is InChI=1S/C16H17F2N3O/c17-15(18)22-14-9-5-4-6-12(14)10-11-20-16(19)21-13-7-2-1-3-8-13/h1-9,15H,10-11H2,(H3,19,20,21). The average Bonchev–Trinajstić information content (AvgIpc) is 2.49. The number of nitrogens with one attached hydrogen (secondary N) is 1. The first-order chi connectivity index (χ1) is 10.6. The third-order valence-corrected chi connectivity index (χ3v) is 2.90. The van der Waals surface area contributed by atoms with Crippen LogP contribution in [0.5, 0.6) is 5.75 Å². The largest absolute Gasteiger partial charge is 0.435 e. The van der Waals surface area contributed by atoms with Crippen molar-refractivity contribution in [2.45, 2.75) is 13.0 Å². The SMILES string of the molecule is NC(=NCCc1ccccc1OC(F)F)Nc1ccccc1. The highest BCUT2D eigenvalue weighted by Crippen LogP contribution is 2.20. The zero-order valence-electron chi connectivity index (χ0n) is 11.9. The second-order valence-electron chi connectivity index (χ2n) is 4.49. The highest BCUT2D eigenvalue weighted by molar-refractivity contribution is 5.92. The maximum atomic E-state index is 12.3. The fourth-order valence-corrected chi connectivity index (χ4v) is 1.93. The molecule has 0 aliphatic heterocycles. The molecule has 0 fully saturated rings. The van der Waals surface area contributed by atoms with Crippen molar-refractivity contribution in [1.29, 1.82) is 0 Å². The number of benzene rings is 2. The molecule has 0 heterocycles. The second-order valence-corrected chi connectivity index (χ2v) is 4.49. The lowest BCUT2D eigenvalue weighted by Crippen LogP contribution is -2.23. The molecule has 2 aromatic rings. The Bertz CT molecular complexity index is 618. The summed E-state index contributed by atoms with van der Waals surface area (Å²) in [7, 11) is 0. The molecule has 0 unspecified atom stereocenters. The molecule has 0 radical (unpaired) electrons. The number of ether oxygens (including phenoxy) is 1. The minimum atomic E-state index is -2.84. The molecular weight excluding hydrogens is 288 g/mol. The van der Waals surface area contributed by atoms with Gasteiger partial charge in [0.1, 0.15) is 5.75 Å². The van der Waals surface area contributed by atoms with Gasteiger partial charge in [-0.1, -0.05) is 36.4 Å². The quantitative estimate of drug-likeness (QED) is 0.636. The number of alkyl halides is 2. The lowest BCUT2D eigenvalue weighted by atomic mass is 10.1. The van der Waals surface area contributed by atoms with Crippen molar-refractivity contribution in [3.63, 3.8) is 0 Å². The molecule has 0 aliphatic rings. The smallest absolute Gasteiger partial charge is 0.387 e. The first-order valence-corrected chi connectivity index (χ1v) is 6.80. The maximum Gasteiger partial charge on any atom is 0.387 e. The molecule has 6 heteroatoms. The first kappa shape index (κ1) is 15.8. The molecule has 2 aromatic carbocycles. The molecule has 0 amide bonds. The highest BCUT2D eigenvalue weighted by atomic mass is 19.3. The van der Waals surface area contributed by atoms with Crippen LogP contribution in [0, 0.1) is 0 Å². The lowest BCUT2D eigenvalue weighted by Gasteiger charge is -2.10. The zero-order valence-corrected chi connectivity index (χ0v) is 11.9. The van der Waals surface area contributed by atoms with E-state index >= 15 is 0 Å². The maximum absolute atomic E-state index is 12.3. The molecule has 3 N–H and O–H groups in total. The zero-order chi connectivity index (χ0) is 15.8. The van der Waals surface area contributed by atoms with Gasteiger partial charge in [-0.05, 0) is 30.2 Å². The summed E-state index contributed by atoms with van der Waals surface area (Å²) in [5, 5.41) is 2.95. The molecule has 116 valence electrons. The van der Waals surface area contributed by atoms with Gasteiger partial charge >= 0.3 is 6.61 Å². The minimum Gasteiger partial charge on any atom is -0.435 e. The molecule has 0 saturated carbocycles. The Morgan fingerprint density at radius 2 is 1.77 bits per heavy atom. The highest BCUT2D eigenvalue weighted by Gasteiger charge is 2.08. The van der Waals surface area contributed by atoms with Crippen LogP contribution in [-0.4, -0.2) is 19.1 Å². The topological polar surface area (TPSA) is 59.6 Å². The van der Waals surface area contributed by atoms with E-state index in [2.05, 4.69) is 15.0 Å². The summed E-state index contributed by atoms with van der Waals surface area (Å²) in [6.45, 7) is -2.47. The summed E-state index contributed by atoms with van der Waals surface area (Å²) in [5.74, 6) is 0.445. The van der Waals surface area contributed by atoms with Gasteiger partial charge in [-0.2, -0.15) is 8.78 Å². The molecule has 0 aromatic heterocycles. The van der Waals surface area contributed by atoms with Crippen LogP contribution < -0.4 is 15.8 Å². The van der Waals surface area contributed by atoms with Gasteiger partial charge in [-0.25, -0.2) is 0 Å². The van der Waals surface area contributed by atoms with E-state index in [1.54, 1.807) is 18.2 Å². The Kier molecular flexibility index (Phi) is 5.71. The van der Waals surface area contributed by atoms with E-state index in [4.69, 9.17) is 5.73 Å². The number of halogens is 2. The fraction of sp³-hybridized carbons (Fsp3) is 0.188. The van der Waals surface area contributed by atoms with Gasteiger partial charge in [0, 0.05) is 12.2 Å². The summed E-state index contributed by atoms with van der Waals surface area (Å²) in [4.78, 5) is 4.18. The fourth-order valence-electron chi connectivity index (χ4n) is 1.93. The lowest BCUT2D eigenvalue weighted by molar-refractivity contribution is -0.0504. The van der Waals surface area contributed by atoms with Crippen LogP contribution in [0.3, 0.4) is 0 Å². The van der Waals surface area contributed by atoms with E-state index in [0.717, 1.165) is 5.69 Å². The number of nitrogens with zero attached hydrogens (tertiary/aromatic N) is 1. The van der Waals surface area contributed by atoms with Crippen molar-refractivity contribution in [3.8, 4) is 5.75 Å². The number of anilines is 1. The summed E-state index contributed by atoms with van der Waals surface area (Å²) in [5.41, 5.74) is 7.28. The van der Waals surface area contributed by atoms with Crippen molar-refractivity contribution in [1.82, 2.24) is 0 Å². The minimum absolute atomic E-state index is 0.169. The van der Waals surface area contributed by atoms with Gasteiger partial charge in [0.05, 0.1) is 0 Å². The van der Waals surface area contributed by atoms with Crippen molar-refractivity contribution < 1.29 is 13.5 Å². The van der Waals surface area contributed by atoms with Crippen molar-refractivity contribution in [3.05, 3.63) is 60.2 Å². The van der Waals surface area contributed by atoms with Crippen LogP contribution in [0.25, 0.3) is 0 Å². The Morgan fingerprint density at radius 1 is 1.09 bits per heavy atom. The second kappa shape index (κ2) is 7.97. The van der Waals surface area contributed by atoms with Gasteiger partial charge in [-0.15, -0.1) is 0 Å². The Hall–Kier alpha value is -2.63. The van der Waals surface area contributed by atoms with Crippen LogP contribution in [0.1, 0.15) is 5.56 Å². The Labute approximate surface area is 127 Å². The molecule has 2 rings (SSSR count). The Balaban J connectivity index is 1.91. The van der Waals surface area contributed by atoms with E-state index in [-0.39, 0.29) is 11.7 Å². The molecule has 0 saturated heterocycles. The van der Waals surface area contributed by atoms with Crippen LogP contribution >= 0.6 is 0 Å². The monoisotopic (exact) mass is 305 g/mol. The number of hydrogen-bond acceptors (Lipinski definition) is 2. The molecule has 0 bridgehead atoms. The number of guanidine groups is 1. The van der Waals surface area contributed by atoms with Gasteiger partial charge in [0.2, 0.25) is 0 Å². The summed E-state index contributed by atoms with van der Waals surface area (Å²) in [6, 6.07) is 16.1. The first-order valence-electron chi connectivity index (χ1n) is 6.80. The number of para-hydroxylation sites is 2. The van der Waals surface area contributed by atoms with Crippen LogP contribution in [0.2, 0.25) is 0 Å². The third-order valence-electron chi connectivity index (χ3n) is 2.90. The van der Waals surface area contributed by atoms with Crippen molar-refractivity contribution in [2.24, 2.45) is 10.7 Å². The predicted octanol–water partition coefficient (Wildman–Crippen LogP) is 3.26. The number of aliphatic imine (C=N–C) groups is 1. The predicted molar refractivity (Wildman–Crippen MR) is 83.3 cm³/mol. The van der Waals surface area contributed by atoms with Gasteiger partial charge < -0.3 is 15.8 Å². The molecule has 0 atom stereocenters. The van der Waals surface area contributed by atoms with E-state index in [1.165, 1.54) is 6.07 Å². The Morgan fingerprint density at radius 3 is 2.50 bits per heavy atom. The van der Waals surface area contributed by atoms with Crippen LogP contribution in [-0.2, 0) is 6.42 Å². The summed E-state index contributed by atoms with van der Waals surface area (Å²) >= 11 is 0. The number of rotatable bonds is 6. The van der Waals surface area contributed by atoms with Crippen LogP contribution in [0.15, 0.2) is 59.6 Å². The van der Waals surface area contributed by atoms with Gasteiger partial charge in [-0.3, -0.25) is 4.99 Å². The van der Waals surface area contributed by atoms with Crippen molar-refractivity contribution in [2.75, 3.05) is 11.9 Å². The van der Waals surface area contributed by atoms with Crippen LogP contribution in [0.4, 0.5) is 14.5 Å². The molecule has 4 nitrogen and oxygen atoms in total. The number of nitrogens with two attached hydrogens (primary N) is 1. The van der Waals surface area contributed by atoms with Crippen molar-refractivity contribution >= 4 is 11.6 Å². The summed E-state index contributed by atoms with van der Waals surface area (Å²) in [6.07, 6.45) is 0.458. The molecule has 0 spiro atoms. The third kappa shape index (κ3) is 5.05. The molecule has 22 heavy (non-hydrogen) atoms. The van der Waals surface area contributed by atoms with Gasteiger partial charge in [0.15, 0.2) is 5.96 Å². The van der Waals surface area contributed by atoms with E-state index in [1.807, 2.05) is 30.3 Å². The van der Waals surface area contributed by atoms with E-state index in [0.29, 0.717) is 18.5 Å².